The van der Waals surface area contributed by atoms with Gasteiger partial charge in [0.2, 0.25) is 11.7 Å². The molecule has 0 fully saturated rings. The molecule has 2 aromatic rings. The molecule has 2 aromatic heterocycles. The van der Waals surface area contributed by atoms with Crippen LogP contribution in [0.3, 0.4) is 0 Å². The topological polar surface area (TPSA) is 61.9 Å². The molecular weight excluding hydrogens is 272 g/mol. The van der Waals surface area contributed by atoms with Gasteiger partial charge in [0.1, 0.15) is 12.6 Å². The predicted octanol–water partition coefficient (Wildman–Crippen LogP) is 2.09. The van der Waals surface area contributed by atoms with E-state index in [2.05, 4.69) is 4.98 Å². The van der Waals surface area contributed by atoms with Crippen molar-refractivity contribution in [1.82, 2.24) is 14.5 Å². The number of thiophene rings is 1. The van der Waals surface area contributed by atoms with E-state index >= 15 is 0 Å². The molecule has 1 amide bonds. The molecule has 0 aromatic carbocycles. The van der Waals surface area contributed by atoms with Crippen LogP contribution in [0.2, 0.25) is 0 Å². The van der Waals surface area contributed by atoms with E-state index in [1.807, 2.05) is 37.4 Å². The number of likely N-dealkylation sites (N-methyl/N-ethyl adjacent to an activating group) is 1. The lowest BCUT2D eigenvalue weighted by atomic mass is 10.3. The van der Waals surface area contributed by atoms with Gasteiger partial charge in [-0.1, -0.05) is 6.07 Å². The largest absolute Gasteiger partial charge is 0.339 e. The molecule has 0 radical (unpaired) electrons. The second-order valence-corrected chi connectivity index (χ2v) is 5.67. The first kappa shape index (κ1) is 14.3. The quantitative estimate of drug-likeness (QED) is 0.865. The van der Waals surface area contributed by atoms with Crippen LogP contribution in [0.5, 0.6) is 0 Å². The third-order valence-corrected chi connectivity index (χ3v) is 4.11. The van der Waals surface area contributed by atoms with Gasteiger partial charge in [0.15, 0.2) is 0 Å². The number of nitriles is 1. The van der Waals surface area contributed by atoms with Gasteiger partial charge in [-0.25, -0.2) is 4.98 Å². The number of aromatic nitrogens is 2. The summed E-state index contributed by atoms with van der Waals surface area (Å²) < 4.78 is 1.67. The van der Waals surface area contributed by atoms with Gasteiger partial charge in [-0.3, -0.25) is 4.79 Å². The van der Waals surface area contributed by atoms with E-state index in [4.69, 9.17) is 5.26 Å². The molecule has 0 aliphatic rings. The minimum atomic E-state index is -0.0320. The van der Waals surface area contributed by atoms with Crippen LogP contribution < -0.4 is 0 Å². The second-order valence-electron chi connectivity index (χ2n) is 4.63. The maximum absolute atomic E-state index is 12.2. The molecule has 20 heavy (non-hydrogen) atoms. The highest BCUT2D eigenvalue weighted by Crippen LogP contribution is 2.13. The van der Waals surface area contributed by atoms with E-state index in [0.29, 0.717) is 6.54 Å². The van der Waals surface area contributed by atoms with Gasteiger partial charge in [-0.05, 0) is 25.3 Å². The van der Waals surface area contributed by atoms with Gasteiger partial charge in [-0.2, -0.15) is 5.26 Å². The van der Waals surface area contributed by atoms with Crippen molar-refractivity contribution in [3.05, 3.63) is 39.6 Å². The van der Waals surface area contributed by atoms with Gasteiger partial charge in [0.25, 0.3) is 0 Å². The molecule has 0 N–H and O–H groups in total. The number of hydrogen-bond donors (Lipinski definition) is 0. The molecule has 104 valence electrons. The van der Waals surface area contributed by atoms with Crippen molar-refractivity contribution in [3.63, 3.8) is 0 Å². The average Bonchev–Trinajstić information content (AvgIpc) is 3.01. The Kier molecular flexibility index (Phi) is 4.20. The van der Waals surface area contributed by atoms with Crippen LogP contribution in [0.1, 0.15) is 22.1 Å². The molecule has 2 rings (SSSR count). The van der Waals surface area contributed by atoms with E-state index in [-0.39, 0.29) is 18.3 Å². The van der Waals surface area contributed by atoms with Crippen molar-refractivity contribution in [2.45, 2.75) is 26.9 Å². The Morgan fingerprint density at radius 1 is 1.55 bits per heavy atom. The van der Waals surface area contributed by atoms with Crippen LogP contribution >= 0.6 is 11.3 Å². The number of rotatable bonds is 4. The molecule has 0 aliphatic heterocycles. The molecule has 0 saturated carbocycles. The first-order valence-corrected chi connectivity index (χ1v) is 7.11. The van der Waals surface area contributed by atoms with Gasteiger partial charge < -0.3 is 9.47 Å². The summed E-state index contributed by atoms with van der Waals surface area (Å²) in [5, 5.41) is 11.0. The summed E-state index contributed by atoms with van der Waals surface area (Å²) >= 11 is 1.62. The molecule has 0 spiro atoms. The zero-order valence-electron chi connectivity index (χ0n) is 11.8. The average molecular weight is 288 g/mol. The molecule has 0 aliphatic carbocycles. The first-order chi connectivity index (χ1) is 9.52. The molecule has 2 heterocycles. The lowest BCUT2D eigenvalue weighted by Crippen LogP contribution is -2.30. The van der Waals surface area contributed by atoms with Gasteiger partial charge in [0, 0.05) is 17.6 Å². The monoisotopic (exact) mass is 288 g/mol. The maximum atomic E-state index is 12.2. The Balaban J connectivity index is 2.10. The summed E-state index contributed by atoms with van der Waals surface area (Å²) in [7, 11) is 1.77. The Morgan fingerprint density at radius 2 is 2.30 bits per heavy atom. The summed E-state index contributed by atoms with van der Waals surface area (Å²) in [5.41, 5.74) is 1.65. The minimum Gasteiger partial charge on any atom is -0.339 e. The summed E-state index contributed by atoms with van der Waals surface area (Å²) in [6, 6.07) is 6.00. The molecule has 0 bridgehead atoms. The molecule has 0 unspecified atom stereocenters. The Morgan fingerprint density at radius 3 is 2.90 bits per heavy atom. The van der Waals surface area contributed by atoms with Gasteiger partial charge in [-0.15, -0.1) is 11.3 Å². The van der Waals surface area contributed by atoms with E-state index in [0.717, 1.165) is 16.3 Å². The number of carbonyl (C=O) groups excluding carboxylic acids is 1. The lowest BCUT2D eigenvalue weighted by Gasteiger charge is -2.17. The second kappa shape index (κ2) is 5.88. The number of nitrogens with zero attached hydrogens (tertiary/aromatic N) is 4. The van der Waals surface area contributed by atoms with E-state index < -0.39 is 0 Å². The van der Waals surface area contributed by atoms with E-state index in [9.17, 15) is 4.79 Å². The maximum Gasteiger partial charge on any atom is 0.242 e. The Labute approximate surface area is 122 Å². The number of aryl methyl sites for hydroxylation is 1. The Bertz CT molecular complexity index is 652. The van der Waals surface area contributed by atoms with Crippen molar-refractivity contribution in [2.75, 3.05) is 7.05 Å². The zero-order valence-corrected chi connectivity index (χ0v) is 12.6. The zero-order chi connectivity index (χ0) is 14.7. The fourth-order valence-corrected chi connectivity index (χ4v) is 2.67. The highest BCUT2D eigenvalue weighted by atomic mass is 32.1. The molecule has 6 heteroatoms. The number of imidazole rings is 1. The van der Waals surface area contributed by atoms with Crippen LogP contribution in [0.15, 0.2) is 17.5 Å². The Hall–Kier alpha value is -2.13. The summed E-state index contributed by atoms with van der Waals surface area (Å²) in [6.45, 7) is 4.45. The third-order valence-electron chi connectivity index (χ3n) is 3.25. The number of carbonyl (C=O) groups is 1. The summed E-state index contributed by atoms with van der Waals surface area (Å²) in [5.74, 6) is 0.258. The van der Waals surface area contributed by atoms with Crippen LogP contribution in [-0.2, 0) is 17.9 Å². The lowest BCUT2D eigenvalue weighted by molar-refractivity contribution is -0.131. The highest BCUT2D eigenvalue weighted by Gasteiger charge is 2.16. The third kappa shape index (κ3) is 2.89. The molecule has 0 atom stereocenters. The molecule has 5 nitrogen and oxygen atoms in total. The summed E-state index contributed by atoms with van der Waals surface area (Å²) in [4.78, 5) is 19.2. The highest BCUT2D eigenvalue weighted by molar-refractivity contribution is 7.09. The van der Waals surface area contributed by atoms with E-state index in [1.54, 1.807) is 27.9 Å². The smallest absolute Gasteiger partial charge is 0.242 e. The summed E-state index contributed by atoms with van der Waals surface area (Å²) in [6.07, 6.45) is 0. The first-order valence-electron chi connectivity index (χ1n) is 6.23. The standard InChI is InChI=1S/C14H16N4OS/c1-10-11(2)18(13(7-15)16-10)9-14(19)17(3)8-12-5-4-6-20-12/h4-6H,8-9H2,1-3H3. The number of hydrogen-bond acceptors (Lipinski definition) is 4. The van der Waals surface area contributed by atoms with Crippen LogP contribution in [0, 0.1) is 25.2 Å². The fraction of sp³-hybridized carbons (Fsp3) is 0.357. The number of amides is 1. The van der Waals surface area contributed by atoms with Crippen molar-refractivity contribution in [2.24, 2.45) is 0 Å². The fourth-order valence-electron chi connectivity index (χ4n) is 1.91. The predicted molar refractivity (Wildman–Crippen MR) is 77.2 cm³/mol. The SMILES string of the molecule is Cc1nc(C#N)n(CC(=O)N(C)Cc2cccs2)c1C. The van der Waals surface area contributed by atoms with Crippen LogP contribution in [0.25, 0.3) is 0 Å². The van der Waals surface area contributed by atoms with Crippen molar-refractivity contribution < 1.29 is 4.79 Å². The minimum absolute atomic E-state index is 0.0320. The normalized spacial score (nSPS) is 10.3. The van der Waals surface area contributed by atoms with Crippen molar-refractivity contribution in [1.29, 1.82) is 5.26 Å². The van der Waals surface area contributed by atoms with Crippen LogP contribution in [0.4, 0.5) is 0 Å². The van der Waals surface area contributed by atoms with Crippen molar-refractivity contribution in [3.8, 4) is 6.07 Å². The van der Waals surface area contributed by atoms with Gasteiger partial charge in [0.05, 0.1) is 12.2 Å². The van der Waals surface area contributed by atoms with E-state index in [1.165, 1.54) is 0 Å². The van der Waals surface area contributed by atoms with Gasteiger partial charge >= 0.3 is 0 Å². The molecule has 0 saturated heterocycles. The molecular formula is C14H16N4OS. The van der Waals surface area contributed by atoms with Crippen LogP contribution in [-0.4, -0.2) is 27.4 Å². The van der Waals surface area contributed by atoms with Crippen molar-refractivity contribution >= 4 is 17.2 Å².